The van der Waals surface area contributed by atoms with Gasteiger partial charge in [-0.2, -0.15) is 0 Å². The van der Waals surface area contributed by atoms with Crippen molar-refractivity contribution >= 4 is 0 Å². The molecule has 78 valence electrons. The van der Waals surface area contributed by atoms with Crippen LogP contribution in [0.2, 0.25) is 0 Å². The lowest BCUT2D eigenvalue weighted by Crippen LogP contribution is -2.12. The van der Waals surface area contributed by atoms with Crippen molar-refractivity contribution < 1.29 is 5.11 Å². The molecular weight excluding hydrogens is 172 g/mol. The molecule has 0 aliphatic carbocycles. The van der Waals surface area contributed by atoms with Gasteiger partial charge in [-0.25, -0.2) is 0 Å². The monoisotopic (exact) mass is 192 g/mol. The Balaban J connectivity index is 3.49. The highest BCUT2D eigenvalue weighted by Gasteiger charge is 2.20. The number of phenols is 1. The number of phenolic OH excluding ortho intramolecular Hbond substituents is 1. The number of aryl methyl sites for hydroxylation is 1. The fraction of sp³-hybridized carbons (Fsp3) is 0.538. The maximum atomic E-state index is 10.0. The Morgan fingerprint density at radius 3 is 1.93 bits per heavy atom. The highest BCUT2D eigenvalue weighted by atomic mass is 16.3. The molecule has 0 radical (unpaired) electrons. The van der Waals surface area contributed by atoms with Gasteiger partial charge >= 0.3 is 0 Å². The van der Waals surface area contributed by atoms with Gasteiger partial charge in [-0.3, -0.25) is 0 Å². The van der Waals surface area contributed by atoms with Crippen LogP contribution in [0.1, 0.15) is 43.0 Å². The zero-order valence-corrected chi connectivity index (χ0v) is 10.0. The largest absolute Gasteiger partial charge is 0.507 e. The molecule has 0 bridgehead atoms. The maximum Gasteiger partial charge on any atom is 0.122 e. The highest BCUT2D eigenvalue weighted by Crippen LogP contribution is 2.35. The van der Waals surface area contributed by atoms with E-state index in [9.17, 15) is 5.11 Å². The van der Waals surface area contributed by atoms with Crippen LogP contribution in [0.5, 0.6) is 5.75 Å². The summed E-state index contributed by atoms with van der Waals surface area (Å²) in [5.41, 5.74) is 4.50. The minimum atomic E-state index is 0.00725. The lowest BCUT2D eigenvalue weighted by atomic mass is 9.83. The predicted molar refractivity (Wildman–Crippen MR) is 61.0 cm³/mol. The molecule has 0 aliphatic heterocycles. The van der Waals surface area contributed by atoms with E-state index < -0.39 is 0 Å². The Labute approximate surface area is 86.8 Å². The van der Waals surface area contributed by atoms with Crippen LogP contribution in [0.4, 0.5) is 0 Å². The quantitative estimate of drug-likeness (QED) is 0.665. The number of rotatable bonds is 0. The summed E-state index contributed by atoms with van der Waals surface area (Å²) < 4.78 is 0. The van der Waals surface area contributed by atoms with Crippen LogP contribution >= 0.6 is 0 Å². The first-order chi connectivity index (χ1) is 6.25. The molecule has 1 rings (SSSR count). The van der Waals surface area contributed by atoms with Crippen molar-refractivity contribution in [1.82, 2.24) is 0 Å². The Morgan fingerprint density at radius 1 is 1.00 bits per heavy atom. The Kier molecular flexibility index (Phi) is 2.62. The first-order valence-electron chi connectivity index (χ1n) is 5.05. The standard InChI is InChI=1S/C13H20O/c1-8-7-11(13(4,5)6)12(14)10(3)9(8)2/h7,14H,1-6H3. The predicted octanol–water partition coefficient (Wildman–Crippen LogP) is 3.61. The van der Waals surface area contributed by atoms with E-state index in [1.807, 2.05) is 6.92 Å². The molecule has 1 N–H and O–H groups in total. The third-order valence-electron chi connectivity index (χ3n) is 2.93. The van der Waals surface area contributed by atoms with Crippen LogP contribution in [0.25, 0.3) is 0 Å². The van der Waals surface area contributed by atoms with E-state index in [0.29, 0.717) is 5.75 Å². The summed E-state index contributed by atoms with van der Waals surface area (Å²) in [4.78, 5) is 0. The van der Waals surface area contributed by atoms with Gasteiger partial charge in [0.05, 0.1) is 0 Å². The Bertz CT molecular complexity index is 356. The van der Waals surface area contributed by atoms with E-state index in [1.165, 1.54) is 11.1 Å². The maximum absolute atomic E-state index is 10.0. The first kappa shape index (κ1) is 11.1. The second-order valence-electron chi connectivity index (χ2n) is 5.09. The van der Waals surface area contributed by atoms with Crippen molar-refractivity contribution in [2.24, 2.45) is 0 Å². The van der Waals surface area contributed by atoms with Gasteiger partial charge in [0.15, 0.2) is 0 Å². The Morgan fingerprint density at radius 2 is 1.50 bits per heavy atom. The van der Waals surface area contributed by atoms with Gasteiger partial charge in [0, 0.05) is 0 Å². The normalized spacial score (nSPS) is 11.9. The minimum absolute atomic E-state index is 0.00725. The fourth-order valence-electron chi connectivity index (χ4n) is 1.64. The molecule has 0 aliphatic rings. The van der Waals surface area contributed by atoms with Gasteiger partial charge in [0.1, 0.15) is 5.75 Å². The summed E-state index contributed by atoms with van der Waals surface area (Å²) in [6, 6.07) is 2.09. The summed E-state index contributed by atoms with van der Waals surface area (Å²) in [7, 11) is 0. The smallest absolute Gasteiger partial charge is 0.122 e. The molecule has 14 heavy (non-hydrogen) atoms. The average Bonchev–Trinajstić information content (AvgIpc) is 2.06. The van der Waals surface area contributed by atoms with Crippen LogP contribution in [-0.4, -0.2) is 5.11 Å². The number of hydrogen-bond acceptors (Lipinski definition) is 1. The molecule has 0 fully saturated rings. The van der Waals surface area contributed by atoms with E-state index in [2.05, 4.69) is 40.7 Å². The SMILES string of the molecule is Cc1cc(C(C)(C)C)c(O)c(C)c1C. The number of aromatic hydroxyl groups is 1. The van der Waals surface area contributed by atoms with Crippen LogP contribution in [0.15, 0.2) is 6.07 Å². The third kappa shape index (κ3) is 1.77. The van der Waals surface area contributed by atoms with Gasteiger partial charge in [-0.1, -0.05) is 26.8 Å². The molecule has 0 unspecified atom stereocenters. The second kappa shape index (κ2) is 3.30. The van der Waals surface area contributed by atoms with Crippen LogP contribution < -0.4 is 0 Å². The molecule has 0 heterocycles. The van der Waals surface area contributed by atoms with E-state index in [0.717, 1.165) is 11.1 Å². The topological polar surface area (TPSA) is 20.2 Å². The molecule has 0 spiro atoms. The van der Waals surface area contributed by atoms with E-state index in [1.54, 1.807) is 0 Å². The van der Waals surface area contributed by atoms with Gasteiger partial charge in [-0.15, -0.1) is 0 Å². The molecule has 1 aromatic rings. The fourth-order valence-corrected chi connectivity index (χ4v) is 1.64. The average molecular weight is 192 g/mol. The van der Waals surface area contributed by atoms with Gasteiger partial charge in [0.25, 0.3) is 0 Å². The van der Waals surface area contributed by atoms with Crippen molar-refractivity contribution in [3.8, 4) is 5.75 Å². The molecule has 1 heteroatoms. The van der Waals surface area contributed by atoms with Gasteiger partial charge in [-0.05, 0) is 48.4 Å². The molecule has 0 amide bonds. The summed E-state index contributed by atoms with van der Waals surface area (Å²) in [6.07, 6.45) is 0. The van der Waals surface area contributed by atoms with Crippen molar-refractivity contribution in [3.05, 3.63) is 28.3 Å². The summed E-state index contributed by atoms with van der Waals surface area (Å²) >= 11 is 0. The van der Waals surface area contributed by atoms with E-state index in [4.69, 9.17) is 0 Å². The molecular formula is C13H20O. The molecule has 1 aromatic carbocycles. The van der Waals surface area contributed by atoms with Gasteiger partial charge in [0.2, 0.25) is 0 Å². The highest BCUT2D eigenvalue weighted by molar-refractivity contribution is 5.50. The first-order valence-corrected chi connectivity index (χ1v) is 5.05. The van der Waals surface area contributed by atoms with E-state index in [-0.39, 0.29) is 5.41 Å². The van der Waals surface area contributed by atoms with Crippen LogP contribution in [0.3, 0.4) is 0 Å². The Hall–Kier alpha value is -0.980. The number of hydrogen-bond donors (Lipinski definition) is 1. The van der Waals surface area contributed by atoms with Crippen molar-refractivity contribution in [2.45, 2.75) is 47.0 Å². The molecule has 1 nitrogen and oxygen atoms in total. The molecule has 0 saturated heterocycles. The molecule has 0 saturated carbocycles. The number of benzene rings is 1. The molecule has 0 atom stereocenters. The lowest BCUT2D eigenvalue weighted by Gasteiger charge is -2.23. The van der Waals surface area contributed by atoms with Crippen molar-refractivity contribution in [2.75, 3.05) is 0 Å². The van der Waals surface area contributed by atoms with Crippen LogP contribution in [0, 0.1) is 20.8 Å². The van der Waals surface area contributed by atoms with E-state index >= 15 is 0 Å². The van der Waals surface area contributed by atoms with Gasteiger partial charge < -0.3 is 5.11 Å². The summed E-state index contributed by atoms with van der Waals surface area (Å²) in [6.45, 7) is 12.5. The second-order valence-corrected chi connectivity index (χ2v) is 5.09. The minimum Gasteiger partial charge on any atom is -0.507 e. The third-order valence-corrected chi connectivity index (χ3v) is 2.93. The zero-order valence-electron chi connectivity index (χ0n) is 10.0. The van der Waals surface area contributed by atoms with Crippen LogP contribution in [-0.2, 0) is 5.41 Å². The summed E-state index contributed by atoms with van der Waals surface area (Å²) in [5.74, 6) is 0.459. The van der Waals surface area contributed by atoms with Crippen molar-refractivity contribution in [1.29, 1.82) is 0 Å². The zero-order chi connectivity index (χ0) is 11.1. The summed E-state index contributed by atoms with van der Waals surface area (Å²) in [5, 5.41) is 10.0. The molecule has 0 aromatic heterocycles. The van der Waals surface area contributed by atoms with Crippen molar-refractivity contribution in [3.63, 3.8) is 0 Å². The lowest BCUT2D eigenvalue weighted by molar-refractivity contribution is 0.442.